The number of carbonyl (C=O) groups is 1. The van der Waals surface area contributed by atoms with Crippen molar-refractivity contribution in [2.75, 3.05) is 6.61 Å². The van der Waals surface area contributed by atoms with Crippen LogP contribution in [0.2, 0.25) is 0 Å². The first-order valence-electron chi connectivity index (χ1n) is 8.76. The van der Waals surface area contributed by atoms with Crippen molar-refractivity contribution in [3.05, 3.63) is 60.2 Å². The highest BCUT2D eigenvalue weighted by Crippen LogP contribution is 2.23. The Bertz CT molecular complexity index is 893. The largest absolute Gasteiger partial charge is 0.484 e. The predicted molar refractivity (Wildman–Crippen MR) is 99.9 cm³/mol. The minimum absolute atomic E-state index is 0.0645. The lowest BCUT2D eigenvalue weighted by atomic mass is 10.0. The minimum Gasteiger partial charge on any atom is -0.484 e. The van der Waals surface area contributed by atoms with Crippen LogP contribution in [0.5, 0.6) is 5.75 Å². The second-order valence-corrected chi connectivity index (χ2v) is 6.54. The zero-order valence-corrected chi connectivity index (χ0v) is 15.5. The summed E-state index contributed by atoms with van der Waals surface area (Å²) >= 11 is 0. The van der Waals surface area contributed by atoms with E-state index >= 15 is 0 Å². The van der Waals surface area contributed by atoms with Gasteiger partial charge in [0.2, 0.25) is 11.7 Å². The van der Waals surface area contributed by atoms with Gasteiger partial charge < -0.3 is 14.6 Å². The Balaban J connectivity index is 1.66. The maximum Gasteiger partial charge on any atom is 0.258 e. The smallest absolute Gasteiger partial charge is 0.258 e. The lowest BCUT2D eigenvalue weighted by molar-refractivity contribution is -0.124. The number of pyridine rings is 1. The molecule has 0 spiro atoms. The van der Waals surface area contributed by atoms with E-state index < -0.39 is 6.04 Å². The van der Waals surface area contributed by atoms with Gasteiger partial charge in [0.25, 0.3) is 5.91 Å². The molecule has 0 fully saturated rings. The van der Waals surface area contributed by atoms with E-state index in [1.165, 1.54) is 0 Å². The van der Waals surface area contributed by atoms with Crippen molar-refractivity contribution in [2.24, 2.45) is 5.92 Å². The molecule has 0 saturated heterocycles. The number of carbonyl (C=O) groups excluding carboxylic acids is 1. The number of aromatic nitrogens is 3. The van der Waals surface area contributed by atoms with Crippen molar-refractivity contribution in [3.8, 4) is 17.1 Å². The highest BCUT2D eigenvalue weighted by atomic mass is 16.5. The van der Waals surface area contributed by atoms with Crippen LogP contribution in [-0.4, -0.2) is 27.6 Å². The van der Waals surface area contributed by atoms with Crippen LogP contribution in [0.15, 0.2) is 53.3 Å². The van der Waals surface area contributed by atoms with Gasteiger partial charge in [-0.1, -0.05) is 37.2 Å². The number of hydrogen-bond donors (Lipinski definition) is 1. The van der Waals surface area contributed by atoms with Gasteiger partial charge in [0.1, 0.15) is 11.8 Å². The summed E-state index contributed by atoms with van der Waals surface area (Å²) in [7, 11) is 0. The van der Waals surface area contributed by atoms with Gasteiger partial charge in [0, 0.05) is 18.0 Å². The Morgan fingerprint density at radius 3 is 2.74 bits per heavy atom. The molecule has 0 aliphatic heterocycles. The summed E-state index contributed by atoms with van der Waals surface area (Å²) in [5, 5.41) is 6.90. The van der Waals surface area contributed by atoms with Crippen LogP contribution in [0.3, 0.4) is 0 Å². The van der Waals surface area contributed by atoms with Crippen molar-refractivity contribution >= 4 is 5.91 Å². The first-order chi connectivity index (χ1) is 13.0. The van der Waals surface area contributed by atoms with Gasteiger partial charge in [0.05, 0.1) is 0 Å². The van der Waals surface area contributed by atoms with E-state index in [0.717, 1.165) is 11.1 Å². The molecule has 1 atom stereocenters. The molecule has 1 aromatic carbocycles. The molecule has 0 aliphatic rings. The summed E-state index contributed by atoms with van der Waals surface area (Å²) in [5.74, 6) is 1.29. The number of aryl methyl sites for hydroxylation is 1. The van der Waals surface area contributed by atoms with Crippen LogP contribution < -0.4 is 10.1 Å². The molecule has 0 bridgehead atoms. The lowest BCUT2D eigenvalue weighted by Crippen LogP contribution is -2.35. The van der Waals surface area contributed by atoms with Crippen molar-refractivity contribution in [1.29, 1.82) is 0 Å². The van der Waals surface area contributed by atoms with Crippen LogP contribution in [0.4, 0.5) is 0 Å². The number of rotatable bonds is 7. The number of amides is 1. The van der Waals surface area contributed by atoms with Gasteiger partial charge in [-0.3, -0.25) is 9.78 Å². The van der Waals surface area contributed by atoms with E-state index in [9.17, 15) is 4.79 Å². The third-order valence-electron chi connectivity index (χ3n) is 4.06. The van der Waals surface area contributed by atoms with E-state index in [4.69, 9.17) is 9.26 Å². The Morgan fingerprint density at radius 1 is 1.22 bits per heavy atom. The van der Waals surface area contributed by atoms with Crippen LogP contribution in [0.25, 0.3) is 11.4 Å². The van der Waals surface area contributed by atoms with Crippen molar-refractivity contribution in [2.45, 2.75) is 26.8 Å². The van der Waals surface area contributed by atoms with E-state index in [1.807, 2.05) is 51.1 Å². The number of hydrogen-bond acceptors (Lipinski definition) is 6. The fraction of sp³-hybridized carbons (Fsp3) is 0.300. The average Bonchev–Trinajstić information content (AvgIpc) is 3.16. The van der Waals surface area contributed by atoms with Crippen molar-refractivity contribution < 1.29 is 14.1 Å². The fourth-order valence-electron chi connectivity index (χ4n) is 2.56. The standard InChI is InChI=1S/C20H22N4O3/c1-13(2)18(20-23-19(24-27-20)15-8-6-10-21-11-15)22-17(25)12-26-16-9-5-4-7-14(16)3/h4-11,13,18H,12H2,1-3H3,(H,22,25). The Kier molecular flexibility index (Phi) is 5.80. The number of nitrogens with one attached hydrogen (secondary N) is 1. The van der Waals surface area contributed by atoms with Gasteiger partial charge in [-0.05, 0) is 36.6 Å². The Labute approximate surface area is 157 Å². The van der Waals surface area contributed by atoms with Crippen LogP contribution in [0.1, 0.15) is 31.3 Å². The van der Waals surface area contributed by atoms with Crippen LogP contribution >= 0.6 is 0 Å². The van der Waals surface area contributed by atoms with E-state index in [-0.39, 0.29) is 18.4 Å². The number of benzene rings is 1. The molecule has 0 radical (unpaired) electrons. The molecule has 0 saturated carbocycles. The SMILES string of the molecule is Cc1ccccc1OCC(=O)NC(c1nc(-c2cccnc2)no1)C(C)C. The van der Waals surface area contributed by atoms with E-state index in [1.54, 1.807) is 18.5 Å². The summed E-state index contributed by atoms with van der Waals surface area (Å²) < 4.78 is 11.0. The Hall–Kier alpha value is -3.22. The topological polar surface area (TPSA) is 90.1 Å². The highest BCUT2D eigenvalue weighted by molar-refractivity contribution is 5.78. The number of ether oxygens (including phenoxy) is 1. The molecule has 1 unspecified atom stereocenters. The number of para-hydroxylation sites is 1. The van der Waals surface area contributed by atoms with Crippen LogP contribution in [0, 0.1) is 12.8 Å². The van der Waals surface area contributed by atoms with Gasteiger partial charge in [-0.25, -0.2) is 0 Å². The third-order valence-corrected chi connectivity index (χ3v) is 4.06. The molecule has 7 nitrogen and oxygen atoms in total. The van der Waals surface area contributed by atoms with E-state index in [2.05, 4.69) is 20.4 Å². The summed E-state index contributed by atoms with van der Waals surface area (Å²) in [5.41, 5.74) is 1.73. The first kappa shape index (κ1) is 18.6. The van der Waals surface area contributed by atoms with Crippen LogP contribution in [-0.2, 0) is 4.79 Å². The molecule has 1 N–H and O–H groups in total. The van der Waals surface area contributed by atoms with Crippen molar-refractivity contribution in [3.63, 3.8) is 0 Å². The highest BCUT2D eigenvalue weighted by Gasteiger charge is 2.25. The average molecular weight is 366 g/mol. The zero-order valence-electron chi connectivity index (χ0n) is 15.5. The quantitative estimate of drug-likeness (QED) is 0.690. The molecule has 1 amide bonds. The predicted octanol–water partition coefficient (Wildman–Crippen LogP) is 3.33. The molecule has 2 aromatic heterocycles. The second kappa shape index (κ2) is 8.44. The molecule has 140 valence electrons. The minimum atomic E-state index is -0.407. The molecule has 7 heteroatoms. The van der Waals surface area contributed by atoms with Crippen molar-refractivity contribution in [1.82, 2.24) is 20.4 Å². The number of nitrogens with zero attached hydrogens (tertiary/aromatic N) is 3. The maximum absolute atomic E-state index is 12.4. The van der Waals surface area contributed by atoms with Gasteiger partial charge in [-0.15, -0.1) is 0 Å². The Morgan fingerprint density at radius 2 is 2.04 bits per heavy atom. The normalized spacial score (nSPS) is 12.0. The zero-order chi connectivity index (χ0) is 19.2. The second-order valence-electron chi connectivity index (χ2n) is 6.54. The third kappa shape index (κ3) is 4.69. The maximum atomic E-state index is 12.4. The summed E-state index contributed by atoms with van der Waals surface area (Å²) in [6.07, 6.45) is 3.34. The summed E-state index contributed by atoms with van der Waals surface area (Å²) in [6, 6.07) is 10.8. The lowest BCUT2D eigenvalue weighted by Gasteiger charge is -2.18. The molecule has 0 aliphatic carbocycles. The van der Waals surface area contributed by atoms with Gasteiger partial charge in [0.15, 0.2) is 6.61 Å². The molecule has 27 heavy (non-hydrogen) atoms. The molecule has 2 heterocycles. The van der Waals surface area contributed by atoms with Gasteiger partial charge >= 0.3 is 0 Å². The molecule has 3 rings (SSSR count). The molecular formula is C20H22N4O3. The van der Waals surface area contributed by atoms with E-state index in [0.29, 0.717) is 17.5 Å². The summed E-state index contributed by atoms with van der Waals surface area (Å²) in [6.45, 7) is 5.79. The monoisotopic (exact) mass is 366 g/mol. The summed E-state index contributed by atoms with van der Waals surface area (Å²) in [4.78, 5) is 20.8. The first-order valence-corrected chi connectivity index (χ1v) is 8.76. The fourth-order valence-corrected chi connectivity index (χ4v) is 2.56. The molecular weight excluding hydrogens is 344 g/mol. The molecule has 3 aromatic rings. The van der Waals surface area contributed by atoms with Gasteiger partial charge in [-0.2, -0.15) is 4.98 Å².